The second-order valence-corrected chi connectivity index (χ2v) is 7.28. The molecule has 1 aliphatic rings. The van der Waals surface area contributed by atoms with E-state index in [0.29, 0.717) is 13.2 Å². The summed E-state index contributed by atoms with van der Waals surface area (Å²) in [5.41, 5.74) is 3.50. The highest BCUT2D eigenvalue weighted by Crippen LogP contribution is 2.29. The van der Waals surface area contributed by atoms with Crippen molar-refractivity contribution in [2.45, 2.75) is 45.5 Å². The van der Waals surface area contributed by atoms with Crippen molar-refractivity contribution in [2.75, 3.05) is 6.61 Å². The van der Waals surface area contributed by atoms with Crippen LogP contribution in [-0.2, 0) is 27.5 Å². The number of ether oxygens (including phenoxy) is 3. The molecule has 2 aromatic rings. The van der Waals surface area contributed by atoms with Gasteiger partial charge in [0.25, 0.3) is 0 Å². The molecule has 1 aliphatic carbocycles. The fraction of sp³-hybridized carbons (Fsp3) is 0.375. The number of carbonyl (C=O) groups is 1. The van der Waals surface area contributed by atoms with Crippen molar-refractivity contribution in [2.24, 2.45) is 5.92 Å². The summed E-state index contributed by atoms with van der Waals surface area (Å²) in [5.74, 6) is 0.652. The first-order valence-corrected chi connectivity index (χ1v) is 9.80. The van der Waals surface area contributed by atoms with Crippen molar-refractivity contribution < 1.29 is 19.0 Å². The minimum atomic E-state index is -0.138. The number of esters is 1. The Balaban J connectivity index is 1.40. The molecule has 28 heavy (non-hydrogen) atoms. The van der Waals surface area contributed by atoms with E-state index in [4.69, 9.17) is 14.2 Å². The Hall–Kier alpha value is -2.59. The van der Waals surface area contributed by atoms with Crippen LogP contribution >= 0.6 is 0 Å². The van der Waals surface area contributed by atoms with Gasteiger partial charge in [-0.15, -0.1) is 0 Å². The average molecular weight is 380 g/mol. The van der Waals surface area contributed by atoms with Gasteiger partial charge in [-0.25, -0.2) is 0 Å². The summed E-state index contributed by atoms with van der Waals surface area (Å²) in [7, 11) is 0. The molecule has 1 fully saturated rings. The molecule has 148 valence electrons. The van der Waals surface area contributed by atoms with Crippen LogP contribution in [0, 0.1) is 12.8 Å². The van der Waals surface area contributed by atoms with Crippen LogP contribution in [-0.4, -0.2) is 18.7 Å². The van der Waals surface area contributed by atoms with E-state index in [1.54, 1.807) is 6.08 Å². The highest BCUT2D eigenvalue weighted by molar-refractivity contribution is 5.72. The van der Waals surface area contributed by atoms with Crippen LogP contribution in [0.1, 0.15) is 36.0 Å². The van der Waals surface area contributed by atoms with Crippen LogP contribution in [0.25, 0.3) is 0 Å². The lowest BCUT2D eigenvalue weighted by atomic mass is 10.1. The predicted molar refractivity (Wildman–Crippen MR) is 109 cm³/mol. The molecule has 1 saturated carbocycles. The van der Waals surface area contributed by atoms with Crippen molar-refractivity contribution >= 4 is 5.97 Å². The van der Waals surface area contributed by atoms with E-state index in [1.807, 2.05) is 24.3 Å². The first kappa shape index (κ1) is 20.2. The molecule has 0 saturated heterocycles. The third-order valence-corrected chi connectivity index (χ3v) is 5.00. The summed E-state index contributed by atoms with van der Waals surface area (Å²) >= 11 is 0. The molecule has 0 amide bonds. The standard InChI is InChI=1S/C24H28O4/c1-3-14-26-24(25)21-10-13-23(15-21)28-17-20-8-11-22(12-9-20)27-16-19-6-4-18(2)5-7-19/h3-9,11-12,21,23H,1,10,13-17H2,2H3/t21-,23-/m0/s1. The lowest BCUT2D eigenvalue weighted by molar-refractivity contribution is -0.147. The largest absolute Gasteiger partial charge is 0.489 e. The highest BCUT2D eigenvalue weighted by atomic mass is 16.5. The molecule has 4 heteroatoms. The Morgan fingerprint density at radius 3 is 2.43 bits per heavy atom. The maximum absolute atomic E-state index is 11.9. The van der Waals surface area contributed by atoms with Crippen LogP contribution in [0.5, 0.6) is 5.75 Å². The van der Waals surface area contributed by atoms with Crippen molar-refractivity contribution in [3.63, 3.8) is 0 Å². The quantitative estimate of drug-likeness (QED) is 0.454. The normalized spacial score (nSPS) is 18.6. The molecule has 0 aromatic heterocycles. The van der Waals surface area contributed by atoms with Gasteiger partial charge in [0, 0.05) is 0 Å². The summed E-state index contributed by atoms with van der Waals surface area (Å²) < 4.78 is 17.0. The Kier molecular flexibility index (Phi) is 7.26. The zero-order chi connectivity index (χ0) is 19.8. The van der Waals surface area contributed by atoms with Gasteiger partial charge >= 0.3 is 5.97 Å². The number of hydrogen-bond donors (Lipinski definition) is 0. The SMILES string of the molecule is C=CCOC(=O)[C@H]1CC[C@H](OCc2ccc(OCc3ccc(C)cc3)cc2)C1. The monoisotopic (exact) mass is 380 g/mol. The van der Waals surface area contributed by atoms with E-state index in [1.165, 1.54) is 5.56 Å². The minimum Gasteiger partial charge on any atom is -0.489 e. The second-order valence-electron chi connectivity index (χ2n) is 7.28. The fourth-order valence-electron chi connectivity index (χ4n) is 3.31. The molecule has 2 aromatic carbocycles. The summed E-state index contributed by atoms with van der Waals surface area (Å²) in [6.45, 7) is 7.01. The van der Waals surface area contributed by atoms with Crippen LogP contribution in [0.15, 0.2) is 61.2 Å². The summed E-state index contributed by atoms with van der Waals surface area (Å²) in [6, 6.07) is 16.3. The smallest absolute Gasteiger partial charge is 0.309 e. The van der Waals surface area contributed by atoms with Gasteiger partial charge in [-0.05, 0) is 49.4 Å². The van der Waals surface area contributed by atoms with Gasteiger partial charge in [-0.3, -0.25) is 4.79 Å². The second kappa shape index (κ2) is 10.1. The first-order chi connectivity index (χ1) is 13.6. The van der Waals surface area contributed by atoms with Crippen LogP contribution in [0.3, 0.4) is 0 Å². The molecule has 0 radical (unpaired) electrons. The zero-order valence-electron chi connectivity index (χ0n) is 16.4. The topological polar surface area (TPSA) is 44.8 Å². The third-order valence-electron chi connectivity index (χ3n) is 5.00. The Morgan fingerprint density at radius 2 is 1.71 bits per heavy atom. The van der Waals surface area contributed by atoms with Crippen molar-refractivity contribution in [1.82, 2.24) is 0 Å². The van der Waals surface area contributed by atoms with Gasteiger partial charge < -0.3 is 14.2 Å². The lowest BCUT2D eigenvalue weighted by Gasteiger charge is -2.13. The first-order valence-electron chi connectivity index (χ1n) is 9.80. The van der Waals surface area contributed by atoms with E-state index >= 15 is 0 Å². The number of hydrogen-bond acceptors (Lipinski definition) is 4. The number of aryl methyl sites for hydroxylation is 1. The molecule has 0 heterocycles. The van der Waals surface area contributed by atoms with Gasteiger partial charge in [0.15, 0.2) is 0 Å². The van der Waals surface area contributed by atoms with Gasteiger partial charge in [0.1, 0.15) is 19.0 Å². The molecular weight excluding hydrogens is 352 g/mol. The van der Waals surface area contributed by atoms with E-state index < -0.39 is 0 Å². The van der Waals surface area contributed by atoms with Crippen molar-refractivity contribution in [1.29, 1.82) is 0 Å². The van der Waals surface area contributed by atoms with E-state index in [-0.39, 0.29) is 24.6 Å². The number of carbonyl (C=O) groups excluding carboxylic acids is 1. The molecule has 0 unspecified atom stereocenters. The van der Waals surface area contributed by atoms with Crippen LogP contribution in [0.4, 0.5) is 0 Å². The zero-order valence-corrected chi connectivity index (χ0v) is 16.4. The number of benzene rings is 2. The molecule has 0 spiro atoms. The number of rotatable bonds is 9. The molecule has 0 aliphatic heterocycles. The summed E-state index contributed by atoms with van der Waals surface area (Å²) in [5, 5.41) is 0. The molecule has 0 N–H and O–H groups in total. The molecule has 2 atom stereocenters. The third kappa shape index (κ3) is 5.96. The molecular formula is C24H28O4. The highest BCUT2D eigenvalue weighted by Gasteiger charge is 2.31. The van der Waals surface area contributed by atoms with Gasteiger partial charge in [0.05, 0.1) is 18.6 Å². The maximum atomic E-state index is 11.9. The Labute approximate surface area is 167 Å². The van der Waals surface area contributed by atoms with Gasteiger partial charge in [-0.2, -0.15) is 0 Å². The van der Waals surface area contributed by atoms with Crippen LogP contribution < -0.4 is 4.74 Å². The van der Waals surface area contributed by atoms with E-state index in [9.17, 15) is 4.79 Å². The summed E-state index contributed by atoms with van der Waals surface area (Å²) in [6.07, 6.45) is 4.15. The van der Waals surface area contributed by atoms with Crippen molar-refractivity contribution in [3.8, 4) is 5.75 Å². The van der Waals surface area contributed by atoms with Crippen LogP contribution in [0.2, 0.25) is 0 Å². The molecule has 4 nitrogen and oxygen atoms in total. The summed E-state index contributed by atoms with van der Waals surface area (Å²) in [4.78, 5) is 11.9. The van der Waals surface area contributed by atoms with E-state index in [0.717, 1.165) is 36.1 Å². The Morgan fingerprint density at radius 1 is 1.04 bits per heavy atom. The molecule has 3 rings (SSSR count). The fourth-order valence-corrected chi connectivity index (χ4v) is 3.31. The van der Waals surface area contributed by atoms with Gasteiger partial charge in [-0.1, -0.05) is 54.6 Å². The predicted octanol–water partition coefficient (Wildman–Crippen LogP) is 4.99. The average Bonchev–Trinajstić information content (AvgIpc) is 3.20. The minimum absolute atomic E-state index is 0.0532. The lowest BCUT2D eigenvalue weighted by Crippen LogP contribution is -2.17. The van der Waals surface area contributed by atoms with E-state index in [2.05, 4.69) is 37.8 Å². The molecule has 0 bridgehead atoms. The van der Waals surface area contributed by atoms with Gasteiger partial charge in [0.2, 0.25) is 0 Å². The maximum Gasteiger partial charge on any atom is 0.309 e. The van der Waals surface area contributed by atoms with Crippen molar-refractivity contribution in [3.05, 3.63) is 77.9 Å². The Bertz CT molecular complexity index is 764.